The number of benzene rings is 2. The van der Waals surface area contributed by atoms with E-state index in [1.54, 1.807) is 54.7 Å². The number of amides is 3. The minimum atomic E-state index is -0.725. The molecule has 0 atom stereocenters. The van der Waals surface area contributed by atoms with E-state index in [0.29, 0.717) is 22.6 Å². The molecule has 0 aliphatic carbocycles. The van der Waals surface area contributed by atoms with E-state index in [1.807, 2.05) is 0 Å². The number of carbonyl (C=O) groups is 3. The Balaban J connectivity index is 1.80. The smallest absolute Gasteiger partial charge is 0.286 e. The summed E-state index contributed by atoms with van der Waals surface area (Å²) < 4.78 is 10.4. The van der Waals surface area contributed by atoms with Crippen LogP contribution in [-0.2, 0) is 4.79 Å². The number of ether oxygens (including phenoxy) is 2. The average Bonchev–Trinajstić information content (AvgIpc) is 2.87. The Morgan fingerprint density at radius 1 is 0.818 bits per heavy atom. The Morgan fingerprint density at radius 3 is 2.24 bits per heavy atom. The minimum Gasteiger partial charge on any atom is -0.493 e. The van der Waals surface area contributed by atoms with E-state index in [1.165, 1.54) is 38.6 Å². The molecule has 3 rings (SSSR count). The lowest BCUT2D eigenvalue weighted by atomic mass is 10.1. The van der Waals surface area contributed by atoms with Crippen LogP contribution in [0.15, 0.2) is 78.8 Å². The third-order valence-electron chi connectivity index (χ3n) is 4.46. The molecule has 0 saturated carbocycles. The van der Waals surface area contributed by atoms with E-state index in [2.05, 4.69) is 21.2 Å². The fourth-order valence-electron chi connectivity index (χ4n) is 2.80. The molecule has 2 aromatic carbocycles. The molecule has 0 fully saturated rings. The van der Waals surface area contributed by atoms with Crippen LogP contribution in [0.5, 0.6) is 11.5 Å². The Morgan fingerprint density at radius 2 is 1.58 bits per heavy atom. The van der Waals surface area contributed by atoms with Crippen LogP contribution in [0.2, 0.25) is 0 Å². The van der Waals surface area contributed by atoms with Crippen LogP contribution in [0.4, 0.5) is 0 Å². The Labute approximate surface area is 190 Å². The van der Waals surface area contributed by atoms with Crippen molar-refractivity contribution >= 4 is 23.8 Å². The summed E-state index contributed by atoms with van der Waals surface area (Å²) in [5, 5.41) is 2.57. The van der Waals surface area contributed by atoms with Crippen molar-refractivity contribution in [2.75, 3.05) is 14.2 Å². The zero-order valence-corrected chi connectivity index (χ0v) is 18.0. The lowest BCUT2D eigenvalue weighted by Gasteiger charge is -2.13. The molecule has 1 heterocycles. The number of pyridine rings is 1. The van der Waals surface area contributed by atoms with Crippen LogP contribution < -0.4 is 25.6 Å². The van der Waals surface area contributed by atoms with Crippen molar-refractivity contribution in [3.8, 4) is 11.5 Å². The lowest BCUT2D eigenvalue weighted by molar-refractivity contribution is -0.118. The normalized spacial score (nSPS) is 10.7. The Kier molecular flexibility index (Phi) is 7.74. The number of carbonyl (C=O) groups excluding carboxylic acids is 3. The van der Waals surface area contributed by atoms with Crippen LogP contribution in [0.1, 0.15) is 26.3 Å². The first-order chi connectivity index (χ1) is 16.0. The van der Waals surface area contributed by atoms with Crippen molar-refractivity contribution < 1.29 is 23.9 Å². The van der Waals surface area contributed by atoms with Crippen molar-refractivity contribution in [2.45, 2.75) is 0 Å². The van der Waals surface area contributed by atoms with Gasteiger partial charge in [0.2, 0.25) is 0 Å². The van der Waals surface area contributed by atoms with Crippen LogP contribution in [0.3, 0.4) is 0 Å². The molecule has 0 unspecified atom stereocenters. The van der Waals surface area contributed by atoms with Gasteiger partial charge >= 0.3 is 0 Å². The molecular formula is C24H22N4O5. The van der Waals surface area contributed by atoms with Crippen LogP contribution in [-0.4, -0.2) is 36.9 Å². The number of aromatic nitrogens is 1. The maximum absolute atomic E-state index is 12.8. The zero-order valence-electron chi connectivity index (χ0n) is 18.0. The van der Waals surface area contributed by atoms with E-state index in [4.69, 9.17) is 9.47 Å². The van der Waals surface area contributed by atoms with Gasteiger partial charge in [-0.1, -0.05) is 24.3 Å². The summed E-state index contributed by atoms with van der Waals surface area (Å²) in [6, 6.07) is 16.4. The van der Waals surface area contributed by atoms with Crippen LogP contribution in [0, 0.1) is 0 Å². The summed E-state index contributed by atoms with van der Waals surface area (Å²) >= 11 is 0. The molecule has 9 nitrogen and oxygen atoms in total. The monoisotopic (exact) mass is 446 g/mol. The van der Waals surface area contributed by atoms with Gasteiger partial charge in [0, 0.05) is 23.5 Å². The highest BCUT2D eigenvalue weighted by Gasteiger charge is 2.17. The van der Waals surface area contributed by atoms with Gasteiger partial charge in [0.15, 0.2) is 11.5 Å². The molecule has 0 spiro atoms. The zero-order chi connectivity index (χ0) is 23.6. The summed E-state index contributed by atoms with van der Waals surface area (Å²) in [7, 11) is 2.94. The second-order valence-electron chi connectivity index (χ2n) is 6.64. The molecule has 1 aromatic heterocycles. The molecule has 0 aliphatic heterocycles. The standard InChI is InChI=1S/C24H22N4O5/c1-32-20-11-10-18(14-21(20)33-2)22(29)26-19(13-16-7-6-12-25-15-16)24(31)28-27-23(30)17-8-4-3-5-9-17/h3-15H,1-2H3,(H,26,29)(H,27,30)(H,28,31). The van der Waals surface area contributed by atoms with E-state index >= 15 is 0 Å². The summed E-state index contributed by atoms with van der Waals surface area (Å²) in [6.45, 7) is 0. The first-order valence-corrected chi connectivity index (χ1v) is 9.82. The molecular weight excluding hydrogens is 424 g/mol. The second kappa shape index (κ2) is 11.1. The van der Waals surface area contributed by atoms with Gasteiger partial charge in [0.25, 0.3) is 17.7 Å². The first-order valence-electron chi connectivity index (χ1n) is 9.82. The van der Waals surface area contributed by atoms with Gasteiger partial charge in [-0.25, -0.2) is 0 Å². The van der Waals surface area contributed by atoms with Gasteiger partial charge in [-0.15, -0.1) is 0 Å². The highest BCUT2D eigenvalue weighted by molar-refractivity contribution is 6.06. The fourth-order valence-corrected chi connectivity index (χ4v) is 2.80. The molecule has 3 N–H and O–H groups in total. The number of nitrogens with zero attached hydrogens (tertiary/aromatic N) is 1. The van der Waals surface area contributed by atoms with Gasteiger partial charge in [0.1, 0.15) is 5.70 Å². The number of hydrogen-bond acceptors (Lipinski definition) is 6. The largest absolute Gasteiger partial charge is 0.493 e. The molecule has 0 aliphatic rings. The SMILES string of the molecule is COc1ccc(C(=O)NC(=Cc2cccnc2)C(=O)NNC(=O)c2ccccc2)cc1OC. The Hall–Kier alpha value is -4.66. The van der Waals surface area contributed by atoms with E-state index < -0.39 is 17.7 Å². The summed E-state index contributed by atoms with van der Waals surface area (Å²) in [6.07, 6.45) is 4.55. The number of hydrazine groups is 1. The number of hydrogen-bond donors (Lipinski definition) is 3. The summed E-state index contributed by atoms with van der Waals surface area (Å²) in [4.78, 5) is 41.9. The fraction of sp³-hybridized carbons (Fsp3) is 0.0833. The van der Waals surface area contributed by atoms with Crippen molar-refractivity contribution in [1.82, 2.24) is 21.2 Å². The maximum Gasteiger partial charge on any atom is 0.286 e. The predicted molar refractivity (Wildman–Crippen MR) is 121 cm³/mol. The highest BCUT2D eigenvalue weighted by Crippen LogP contribution is 2.27. The molecule has 0 radical (unpaired) electrons. The van der Waals surface area contributed by atoms with Crippen LogP contribution in [0.25, 0.3) is 6.08 Å². The lowest BCUT2D eigenvalue weighted by Crippen LogP contribution is -2.45. The quantitative estimate of drug-likeness (QED) is 0.379. The average molecular weight is 446 g/mol. The highest BCUT2D eigenvalue weighted by atomic mass is 16.5. The van der Waals surface area contributed by atoms with Gasteiger partial charge in [-0.2, -0.15) is 0 Å². The third kappa shape index (κ3) is 6.17. The van der Waals surface area contributed by atoms with Gasteiger partial charge < -0.3 is 14.8 Å². The van der Waals surface area contributed by atoms with Gasteiger partial charge in [-0.3, -0.25) is 30.2 Å². The molecule has 33 heavy (non-hydrogen) atoms. The first kappa shape index (κ1) is 23.0. The van der Waals surface area contributed by atoms with Gasteiger partial charge in [-0.05, 0) is 48.0 Å². The third-order valence-corrected chi connectivity index (χ3v) is 4.46. The minimum absolute atomic E-state index is 0.101. The van der Waals surface area contributed by atoms with Crippen molar-refractivity contribution in [3.05, 3.63) is 95.4 Å². The number of nitrogens with one attached hydrogen (secondary N) is 3. The Bertz CT molecular complexity index is 1160. The van der Waals surface area contributed by atoms with Crippen LogP contribution >= 0.6 is 0 Å². The molecule has 0 saturated heterocycles. The van der Waals surface area contributed by atoms with E-state index in [-0.39, 0.29) is 11.3 Å². The maximum atomic E-state index is 12.8. The van der Waals surface area contributed by atoms with Crippen molar-refractivity contribution in [1.29, 1.82) is 0 Å². The van der Waals surface area contributed by atoms with Gasteiger partial charge in [0.05, 0.1) is 14.2 Å². The summed E-state index contributed by atoms with van der Waals surface area (Å²) in [5.41, 5.74) is 5.72. The second-order valence-corrected chi connectivity index (χ2v) is 6.64. The van der Waals surface area contributed by atoms with Crippen molar-refractivity contribution in [3.63, 3.8) is 0 Å². The number of rotatable bonds is 7. The van der Waals surface area contributed by atoms with E-state index in [9.17, 15) is 14.4 Å². The molecule has 0 bridgehead atoms. The molecule has 9 heteroatoms. The predicted octanol–water partition coefficient (Wildman–Crippen LogP) is 2.33. The molecule has 3 aromatic rings. The molecule has 168 valence electrons. The topological polar surface area (TPSA) is 119 Å². The molecule has 3 amide bonds. The number of methoxy groups -OCH3 is 2. The summed E-state index contributed by atoms with van der Waals surface area (Å²) in [5.74, 6) is -0.965. The van der Waals surface area contributed by atoms with E-state index in [0.717, 1.165) is 0 Å². The van der Waals surface area contributed by atoms with Crippen molar-refractivity contribution in [2.24, 2.45) is 0 Å².